The molecule has 0 saturated heterocycles. The molecule has 0 unspecified atom stereocenters. The summed E-state index contributed by atoms with van der Waals surface area (Å²) in [7, 11) is -8.59. The molecule has 10 heteroatoms. The number of hydrogen-bond donors (Lipinski definition) is 2. The molecule has 0 aliphatic rings. The van der Waals surface area contributed by atoms with Crippen LogP contribution in [0, 0.1) is 0 Å². The van der Waals surface area contributed by atoms with Crippen molar-refractivity contribution in [2.45, 2.75) is 0 Å². The van der Waals surface area contributed by atoms with Crippen molar-refractivity contribution in [1.82, 2.24) is 0 Å². The van der Waals surface area contributed by atoms with Crippen molar-refractivity contribution in [2.75, 3.05) is 11.5 Å². The molecule has 0 spiro atoms. The molecule has 0 heterocycles. The largest absolute Gasteiger partial charge is 1.00 e. The van der Waals surface area contributed by atoms with E-state index >= 15 is 0 Å². The van der Waals surface area contributed by atoms with Gasteiger partial charge >= 0.3 is 59.1 Å². The van der Waals surface area contributed by atoms with Gasteiger partial charge in [0.15, 0.2) is 0 Å². The molecule has 0 aromatic rings. The molecule has 0 fully saturated rings. The minimum absolute atomic E-state index is 0. The van der Waals surface area contributed by atoms with Gasteiger partial charge in [0.25, 0.3) is 20.2 Å². The van der Waals surface area contributed by atoms with Crippen LogP contribution in [-0.4, -0.2) is 37.4 Å². The summed E-state index contributed by atoms with van der Waals surface area (Å²) in [5, 5.41) is 0. The van der Waals surface area contributed by atoms with Crippen LogP contribution in [0.3, 0.4) is 0 Å². The maximum Gasteiger partial charge on any atom is 1.00 e. The quantitative estimate of drug-likeness (QED) is 0.373. The van der Waals surface area contributed by atoms with Crippen LogP contribution in [0.15, 0.2) is 0 Å². The zero-order valence-corrected chi connectivity index (χ0v) is 12.4. The summed E-state index contributed by atoms with van der Waals surface area (Å²) in [5.41, 5.74) is 0. The predicted molar refractivity (Wildman–Crippen MR) is 35.1 cm³/mol. The Morgan fingerprint density at radius 1 is 0.833 bits per heavy atom. The van der Waals surface area contributed by atoms with Crippen molar-refractivity contribution in [1.29, 1.82) is 0 Å². The molecular formula is C2H8Na2O6S2. The van der Waals surface area contributed by atoms with Crippen molar-refractivity contribution in [2.24, 2.45) is 0 Å². The Bertz CT molecular complexity index is 266. The molecule has 0 aromatic heterocycles. The predicted octanol–water partition coefficient (Wildman–Crippen LogP) is -7.00. The van der Waals surface area contributed by atoms with Crippen LogP contribution in [0.25, 0.3) is 0 Å². The summed E-state index contributed by atoms with van der Waals surface area (Å²) in [6, 6.07) is 0. The van der Waals surface area contributed by atoms with Gasteiger partial charge in [-0.05, 0) is 0 Å². The third-order valence-corrected chi connectivity index (χ3v) is 2.30. The molecule has 66 valence electrons. The molecule has 0 radical (unpaired) electrons. The Morgan fingerprint density at radius 2 is 1.00 bits per heavy atom. The van der Waals surface area contributed by atoms with Gasteiger partial charge in [-0.1, -0.05) is 0 Å². The van der Waals surface area contributed by atoms with Gasteiger partial charge in [-0.2, -0.15) is 16.8 Å². The van der Waals surface area contributed by atoms with E-state index in [4.69, 9.17) is 9.11 Å². The Balaban J connectivity index is -0.0000000675. The average Bonchev–Trinajstić information content (AvgIpc) is 1.57. The molecule has 6 nitrogen and oxygen atoms in total. The van der Waals surface area contributed by atoms with Crippen molar-refractivity contribution in [3.05, 3.63) is 0 Å². The molecule has 2 N–H and O–H groups in total. The maximum atomic E-state index is 9.86. The van der Waals surface area contributed by atoms with Crippen LogP contribution >= 0.6 is 0 Å². The minimum Gasteiger partial charge on any atom is -1.00 e. The van der Waals surface area contributed by atoms with Gasteiger partial charge in [0.1, 0.15) is 0 Å². The van der Waals surface area contributed by atoms with Crippen LogP contribution in [0.1, 0.15) is 2.85 Å². The van der Waals surface area contributed by atoms with Crippen LogP contribution in [0.4, 0.5) is 0 Å². The molecule has 0 bridgehead atoms. The van der Waals surface area contributed by atoms with Gasteiger partial charge in [0.2, 0.25) is 0 Å². The summed E-state index contributed by atoms with van der Waals surface area (Å²) in [4.78, 5) is 0. The van der Waals surface area contributed by atoms with Gasteiger partial charge in [-0.15, -0.1) is 0 Å². The van der Waals surface area contributed by atoms with Crippen LogP contribution in [-0.2, 0) is 20.2 Å². The molecule has 12 heavy (non-hydrogen) atoms. The van der Waals surface area contributed by atoms with E-state index in [0.717, 1.165) is 0 Å². The SMILES string of the molecule is O=S(=O)(O)CCS(=O)(=O)O.[H-].[H-].[Na+].[Na+]. The zero-order valence-electron chi connectivity index (χ0n) is 8.76. The number of hydrogen-bond acceptors (Lipinski definition) is 4. The first-order chi connectivity index (χ1) is 4.21. The van der Waals surface area contributed by atoms with Gasteiger partial charge in [0, 0.05) is 0 Å². The monoisotopic (exact) mass is 238 g/mol. The van der Waals surface area contributed by atoms with Gasteiger partial charge in [-0.3, -0.25) is 9.11 Å². The minimum atomic E-state index is -4.30. The summed E-state index contributed by atoms with van der Waals surface area (Å²) in [6.45, 7) is 0. The molecule has 0 aromatic carbocycles. The second kappa shape index (κ2) is 7.16. The smallest absolute Gasteiger partial charge is 1.00 e. The molecule has 0 atom stereocenters. The molecular weight excluding hydrogens is 230 g/mol. The van der Waals surface area contributed by atoms with Crippen molar-refractivity contribution < 1.29 is 87.9 Å². The summed E-state index contributed by atoms with van der Waals surface area (Å²) < 4.78 is 55.4. The second-order valence-electron chi connectivity index (χ2n) is 1.57. The Labute approximate surface area is 118 Å². The van der Waals surface area contributed by atoms with Crippen LogP contribution < -0.4 is 59.1 Å². The average molecular weight is 238 g/mol. The molecule has 0 saturated carbocycles. The second-order valence-corrected chi connectivity index (χ2v) is 4.72. The fraction of sp³-hybridized carbons (Fsp3) is 1.00. The van der Waals surface area contributed by atoms with Gasteiger partial charge in [-0.25, -0.2) is 0 Å². The molecule has 0 aliphatic carbocycles. The summed E-state index contributed by atoms with van der Waals surface area (Å²) >= 11 is 0. The first-order valence-corrected chi connectivity index (χ1v) is 5.33. The summed E-state index contributed by atoms with van der Waals surface area (Å²) in [5.74, 6) is -1.96. The van der Waals surface area contributed by atoms with Crippen molar-refractivity contribution >= 4 is 20.2 Å². The van der Waals surface area contributed by atoms with E-state index < -0.39 is 31.7 Å². The number of rotatable bonds is 3. The normalized spacial score (nSPS) is 11.2. The van der Waals surface area contributed by atoms with E-state index in [9.17, 15) is 16.8 Å². The fourth-order valence-corrected chi connectivity index (χ4v) is 1.90. The van der Waals surface area contributed by atoms with E-state index in [1.54, 1.807) is 0 Å². The molecule has 0 aliphatic heterocycles. The molecule has 0 amide bonds. The standard InChI is InChI=1S/C2H6O6S2.2Na.2H/c3-9(4,5)1-2-10(6,7)8;;;;/h1-2H2,(H,3,4,5)(H,6,7,8);;;;/q;2*+1;2*-1. The van der Waals surface area contributed by atoms with E-state index in [-0.39, 0.29) is 62.0 Å². The summed E-state index contributed by atoms with van der Waals surface area (Å²) in [6.07, 6.45) is 0. The van der Waals surface area contributed by atoms with E-state index in [1.807, 2.05) is 0 Å². The maximum absolute atomic E-state index is 9.86. The molecule has 0 rings (SSSR count). The fourth-order valence-electron chi connectivity index (χ4n) is 0.211. The zero-order chi connectivity index (χ0) is 8.41. The van der Waals surface area contributed by atoms with Gasteiger partial charge < -0.3 is 2.85 Å². The van der Waals surface area contributed by atoms with Crippen molar-refractivity contribution in [3.8, 4) is 0 Å². The Kier molecular flexibility index (Phi) is 11.6. The first kappa shape index (κ1) is 19.4. The van der Waals surface area contributed by atoms with E-state index in [1.165, 1.54) is 0 Å². The van der Waals surface area contributed by atoms with Crippen molar-refractivity contribution in [3.63, 3.8) is 0 Å². The Morgan fingerprint density at radius 3 is 1.08 bits per heavy atom. The van der Waals surface area contributed by atoms with E-state index in [0.29, 0.717) is 0 Å². The third kappa shape index (κ3) is 17.8. The first-order valence-electron chi connectivity index (χ1n) is 2.11. The van der Waals surface area contributed by atoms with Crippen LogP contribution in [0.2, 0.25) is 0 Å². The van der Waals surface area contributed by atoms with Gasteiger partial charge in [0.05, 0.1) is 11.5 Å². The Hall–Kier alpha value is 1.82. The van der Waals surface area contributed by atoms with Crippen LogP contribution in [0.5, 0.6) is 0 Å². The topological polar surface area (TPSA) is 109 Å². The third-order valence-electron chi connectivity index (χ3n) is 0.599. The van der Waals surface area contributed by atoms with E-state index in [2.05, 4.69) is 0 Å².